The molecule has 4 heteroatoms. The van der Waals surface area contributed by atoms with Gasteiger partial charge in [0.15, 0.2) is 5.76 Å². The number of halogens is 1. The average Bonchev–Trinajstić information content (AvgIpc) is 2.66. The summed E-state index contributed by atoms with van der Waals surface area (Å²) in [7, 11) is 0. The minimum absolute atomic E-state index is 0.182. The molecule has 0 atom stereocenters. The third-order valence-corrected chi connectivity index (χ3v) is 1.83. The van der Waals surface area contributed by atoms with Crippen LogP contribution in [0.4, 0.5) is 4.39 Å². The molecule has 0 aliphatic carbocycles. The molecule has 0 unspecified atom stereocenters. The molecule has 0 saturated carbocycles. The van der Waals surface area contributed by atoms with E-state index in [9.17, 15) is 4.39 Å². The summed E-state index contributed by atoms with van der Waals surface area (Å²) in [5, 5.41) is 12.3. The molecule has 0 aliphatic rings. The van der Waals surface area contributed by atoms with E-state index in [1.54, 1.807) is 18.2 Å². The molecule has 0 aliphatic heterocycles. The molecule has 14 heavy (non-hydrogen) atoms. The predicted octanol–water partition coefficient (Wildman–Crippen LogP) is 1.97. The maximum atomic E-state index is 12.8. The lowest BCUT2D eigenvalue weighted by Crippen LogP contribution is -1.78. The van der Waals surface area contributed by atoms with Crippen molar-refractivity contribution in [1.82, 2.24) is 5.16 Å². The summed E-state index contributed by atoms with van der Waals surface area (Å²) in [5.74, 6) is 0.123. The Bertz CT molecular complexity index is 439. The van der Waals surface area contributed by atoms with Gasteiger partial charge in [0, 0.05) is 11.6 Å². The number of aliphatic hydroxyl groups excluding tert-OH is 1. The molecule has 0 bridgehead atoms. The molecule has 2 rings (SSSR count). The normalized spacial score (nSPS) is 10.4. The lowest BCUT2D eigenvalue weighted by atomic mass is 10.1. The Kier molecular flexibility index (Phi) is 2.28. The second-order valence-electron chi connectivity index (χ2n) is 2.85. The number of hydrogen-bond donors (Lipinski definition) is 1. The zero-order chi connectivity index (χ0) is 9.97. The molecule has 0 radical (unpaired) electrons. The molecule has 1 aromatic heterocycles. The highest BCUT2D eigenvalue weighted by Gasteiger charge is 2.06. The van der Waals surface area contributed by atoms with Crippen LogP contribution in [-0.4, -0.2) is 10.3 Å². The minimum atomic E-state index is -0.329. The van der Waals surface area contributed by atoms with E-state index in [1.165, 1.54) is 12.1 Å². The van der Waals surface area contributed by atoms with Crippen LogP contribution in [-0.2, 0) is 6.61 Å². The van der Waals surface area contributed by atoms with E-state index in [0.717, 1.165) is 0 Å². The lowest BCUT2D eigenvalue weighted by molar-refractivity contribution is 0.267. The van der Waals surface area contributed by atoms with Crippen LogP contribution in [0.25, 0.3) is 11.3 Å². The number of benzene rings is 1. The molecule has 0 spiro atoms. The molecule has 1 aromatic carbocycles. The Balaban J connectivity index is 2.39. The van der Waals surface area contributed by atoms with Crippen LogP contribution in [0.1, 0.15) is 5.69 Å². The number of rotatable bonds is 2. The maximum Gasteiger partial charge on any atom is 0.167 e. The quantitative estimate of drug-likeness (QED) is 0.793. The topological polar surface area (TPSA) is 46.3 Å². The molecule has 0 fully saturated rings. The van der Waals surface area contributed by atoms with Crippen molar-refractivity contribution in [2.24, 2.45) is 0 Å². The van der Waals surface area contributed by atoms with E-state index < -0.39 is 0 Å². The van der Waals surface area contributed by atoms with Crippen molar-refractivity contribution in [3.05, 3.63) is 41.8 Å². The Morgan fingerprint density at radius 2 is 2.21 bits per heavy atom. The van der Waals surface area contributed by atoms with Gasteiger partial charge in [0.05, 0.1) is 6.61 Å². The van der Waals surface area contributed by atoms with Gasteiger partial charge in [-0.1, -0.05) is 17.3 Å². The number of aliphatic hydroxyl groups is 1. The molecular formula is C10H8FNO2. The van der Waals surface area contributed by atoms with E-state index in [0.29, 0.717) is 17.0 Å². The van der Waals surface area contributed by atoms with Crippen molar-refractivity contribution >= 4 is 0 Å². The van der Waals surface area contributed by atoms with E-state index in [4.69, 9.17) is 9.63 Å². The third-order valence-electron chi connectivity index (χ3n) is 1.83. The second-order valence-corrected chi connectivity index (χ2v) is 2.85. The SMILES string of the molecule is OCc1cc(-c2cccc(F)c2)on1. The molecule has 72 valence electrons. The summed E-state index contributed by atoms with van der Waals surface area (Å²) in [6.45, 7) is -0.182. The summed E-state index contributed by atoms with van der Waals surface area (Å²) in [4.78, 5) is 0. The first kappa shape index (κ1) is 8.90. The maximum absolute atomic E-state index is 12.8. The van der Waals surface area contributed by atoms with Crippen molar-refractivity contribution in [2.45, 2.75) is 6.61 Å². The number of hydrogen-bond acceptors (Lipinski definition) is 3. The zero-order valence-corrected chi connectivity index (χ0v) is 7.27. The summed E-state index contributed by atoms with van der Waals surface area (Å²) in [6, 6.07) is 7.58. The summed E-state index contributed by atoms with van der Waals surface area (Å²) in [6.07, 6.45) is 0. The van der Waals surface area contributed by atoms with Crippen LogP contribution in [0.2, 0.25) is 0 Å². The van der Waals surface area contributed by atoms with Gasteiger partial charge in [-0.05, 0) is 12.1 Å². The van der Waals surface area contributed by atoms with Gasteiger partial charge < -0.3 is 9.63 Å². The number of nitrogens with zero attached hydrogens (tertiary/aromatic N) is 1. The molecule has 2 aromatic rings. The minimum Gasteiger partial charge on any atom is -0.390 e. The standard InChI is InChI=1S/C10H8FNO2/c11-8-3-1-2-7(4-8)10-5-9(6-13)12-14-10/h1-5,13H,6H2. The molecule has 0 saturated heterocycles. The van der Waals surface area contributed by atoms with E-state index in [-0.39, 0.29) is 12.4 Å². The first-order chi connectivity index (χ1) is 6.79. The Labute approximate surface area is 79.8 Å². The van der Waals surface area contributed by atoms with E-state index in [1.807, 2.05) is 0 Å². The summed E-state index contributed by atoms with van der Waals surface area (Å²) < 4.78 is 17.7. The summed E-state index contributed by atoms with van der Waals surface area (Å²) in [5.41, 5.74) is 1.04. The Morgan fingerprint density at radius 1 is 1.36 bits per heavy atom. The highest BCUT2D eigenvalue weighted by Crippen LogP contribution is 2.20. The van der Waals surface area contributed by atoms with Crippen LogP contribution < -0.4 is 0 Å². The van der Waals surface area contributed by atoms with Gasteiger partial charge in [-0.15, -0.1) is 0 Å². The first-order valence-corrected chi connectivity index (χ1v) is 4.12. The fourth-order valence-electron chi connectivity index (χ4n) is 1.16. The van der Waals surface area contributed by atoms with Crippen LogP contribution in [0.5, 0.6) is 0 Å². The van der Waals surface area contributed by atoms with E-state index in [2.05, 4.69) is 5.16 Å². The van der Waals surface area contributed by atoms with Gasteiger partial charge in [0.2, 0.25) is 0 Å². The number of aromatic nitrogens is 1. The van der Waals surface area contributed by atoms with Gasteiger partial charge in [-0.2, -0.15) is 0 Å². The van der Waals surface area contributed by atoms with Crippen molar-refractivity contribution in [3.8, 4) is 11.3 Å². The lowest BCUT2D eigenvalue weighted by Gasteiger charge is -1.93. The van der Waals surface area contributed by atoms with Crippen molar-refractivity contribution in [1.29, 1.82) is 0 Å². The van der Waals surface area contributed by atoms with Crippen LogP contribution in [0.15, 0.2) is 34.9 Å². The van der Waals surface area contributed by atoms with Gasteiger partial charge >= 0.3 is 0 Å². The van der Waals surface area contributed by atoms with Crippen molar-refractivity contribution in [2.75, 3.05) is 0 Å². The monoisotopic (exact) mass is 193 g/mol. The van der Waals surface area contributed by atoms with Gasteiger partial charge in [-0.3, -0.25) is 0 Å². The second kappa shape index (κ2) is 3.59. The van der Waals surface area contributed by atoms with Gasteiger partial charge in [0.25, 0.3) is 0 Å². The van der Waals surface area contributed by atoms with Gasteiger partial charge in [-0.25, -0.2) is 4.39 Å². The highest BCUT2D eigenvalue weighted by atomic mass is 19.1. The Hall–Kier alpha value is -1.68. The summed E-state index contributed by atoms with van der Waals surface area (Å²) >= 11 is 0. The van der Waals surface area contributed by atoms with Crippen LogP contribution in [0.3, 0.4) is 0 Å². The third kappa shape index (κ3) is 1.65. The van der Waals surface area contributed by atoms with Crippen LogP contribution in [0, 0.1) is 5.82 Å². The van der Waals surface area contributed by atoms with Crippen molar-refractivity contribution in [3.63, 3.8) is 0 Å². The molecule has 1 heterocycles. The molecule has 3 nitrogen and oxygen atoms in total. The van der Waals surface area contributed by atoms with Crippen LogP contribution >= 0.6 is 0 Å². The average molecular weight is 193 g/mol. The molecule has 1 N–H and O–H groups in total. The Morgan fingerprint density at radius 3 is 2.86 bits per heavy atom. The fraction of sp³-hybridized carbons (Fsp3) is 0.100. The first-order valence-electron chi connectivity index (χ1n) is 4.12. The highest BCUT2D eigenvalue weighted by molar-refractivity contribution is 5.57. The van der Waals surface area contributed by atoms with Gasteiger partial charge in [0.1, 0.15) is 11.5 Å². The van der Waals surface area contributed by atoms with E-state index >= 15 is 0 Å². The van der Waals surface area contributed by atoms with Crippen molar-refractivity contribution < 1.29 is 14.0 Å². The smallest absolute Gasteiger partial charge is 0.167 e. The largest absolute Gasteiger partial charge is 0.390 e. The fourth-order valence-corrected chi connectivity index (χ4v) is 1.16. The molecule has 0 amide bonds. The molecular weight excluding hydrogens is 185 g/mol. The zero-order valence-electron chi connectivity index (χ0n) is 7.27. The predicted molar refractivity (Wildman–Crippen MR) is 47.8 cm³/mol.